The van der Waals surface area contributed by atoms with E-state index in [4.69, 9.17) is 0 Å². The predicted molar refractivity (Wildman–Crippen MR) is 52.2 cm³/mol. The molecule has 0 bridgehead atoms. The molecule has 0 saturated heterocycles. The summed E-state index contributed by atoms with van der Waals surface area (Å²) in [6.07, 6.45) is 3.92. The molecule has 0 spiro atoms. The van der Waals surface area contributed by atoms with Crippen molar-refractivity contribution in [2.45, 2.75) is 31.4 Å². The Labute approximate surface area is 72.1 Å². The van der Waals surface area contributed by atoms with Gasteiger partial charge in [-0.25, -0.2) is 0 Å². The average Bonchev–Trinajstić information content (AvgIpc) is 2.31. The van der Waals surface area contributed by atoms with Gasteiger partial charge in [0.15, 0.2) is 0 Å². The highest BCUT2D eigenvalue weighted by atomic mass is 32.2. The molecular weight excluding hydrogens is 162 g/mol. The smallest absolute Gasteiger partial charge is 0.121 e. The first-order chi connectivity index (χ1) is 4.83. The molecule has 0 aromatic rings. The molecule has 0 radical (unpaired) electrons. The molecule has 1 rings (SSSR count). The van der Waals surface area contributed by atoms with Gasteiger partial charge in [-0.15, -0.1) is 12.6 Å². The van der Waals surface area contributed by atoms with E-state index < -0.39 is 0 Å². The van der Waals surface area contributed by atoms with E-state index in [0.717, 1.165) is 16.2 Å². The number of thiol groups is 1. The molecule has 0 saturated carbocycles. The van der Waals surface area contributed by atoms with Crippen molar-refractivity contribution in [2.24, 2.45) is 4.99 Å². The molecule has 10 heavy (non-hydrogen) atoms. The number of rotatable bonds is 3. The molecule has 1 nitrogen and oxygen atoms in total. The Morgan fingerprint density at radius 3 is 3.10 bits per heavy atom. The van der Waals surface area contributed by atoms with Crippen LogP contribution in [-0.4, -0.2) is 16.2 Å². The largest absolute Gasteiger partial charge is 0.271 e. The molecule has 0 aliphatic carbocycles. The second-order valence-corrected chi connectivity index (χ2v) is 4.52. The fourth-order valence-electron chi connectivity index (χ4n) is 0.986. The summed E-state index contributed by atoms with van der Waals surface area (Å²) in [6.45, 7) is 3.21. The molecule has 1 heterocycles. The molecule has 1 aliphatic rings. The molecule has 0 fully saturated rings. The quantitative estimate of drug-likeness (QED) is 0.650. The maximum Gasteiger partial charge on any atom is 0.121 e. The molecule has 0 aromatic carbocycles. The topological polar surface area (TPSA) is 12.4 Å². The van der Waals surface area contributed by atoms with Gasteiger partial charge in [-0.1, -0.05) is 31.5 Å². The minimum Gasteiger partial charge on any atom is -0.271 e. The fraction of sp³-hybridized carbons (Fsp3) is 0.857. The molecular formula is C7H13NS2. The standard InChI is InChI=1S/C7H13NS2/c1-2-3-4-6-5-8-7(9)10-6/h6H,2-5H2,1H3,(H,8,9). The van der Waals surface area contributed by atoms with Crippen molar-refractivity contribution in [1.82, 2.24) is 0 Å². The van der Waals surface area contributed by atoms with Gasteiger partial charge in [0, 0.05) is 5.25 Å². The first kappa shape index (κ1) is 8.47. The summed E-state index contributed by atoms with van der Waals surface area (Å²) < 4.78 is 0.973. The van der Waals surface area contributed by atoms with Crippen molar-refractivity contribution in [1.29, 1.82) is 0 Å². The van der Waals surface area contributed by atoms with Crippen molar-refractivity contribution in [3.63, 3.8) is 0 Å². The zero-order valence-corrected chi connectivity index (χ0v) is 7.92. The highest BCUT2D eigenvalue weighted by molar-refractivity contribution is 8.32. The Kier molecular flexibility index (Phi) is 3.63. The maximum absolute atomic E-state index is 4.21. The van der Waals surface area contributed by atoms with E-state index >= 15 is 0 Å². The molecule has 58 valence electrons. The van der Waals surface area contributed by atoms with Gasteiger partial charge in [0.05, 0.1) is 6.54 Å². The van der Waals surface area contributed by atoms with Gasteiger partial charge in [0.2, 0.25) is 0 Å². The summed E-state index contributed by atoms with van der Waals surface area (Å²) in [5.74, 6) is 0. The van der Waals surface area contributed by atoms with E-state index in [1.807, 2.05) is 11.8 Å². The second kappa shape index (κ2) is 4.29. The van der Waals surface area contributed by atoms with Crippen LogP contribution < -0.4 is 0 Å². The van der Waals surface area contributed by atoms with Gasteiger partial charge < -0.3 is 0 Å². The summed E-state index contributed by atoms with van der Waals surface area (Å²) in [7, 11) is 0. The van der Waals surface area contributed by atoms with Crippen LogP contribution in [0.3, 0.4) is 0 Å². The van der Waals surface area contributed by atoms with E-state index in [0.29, 0.717) is 0 Å². The first-order valence-corrected chi connectivity index (χ1v) is 5.05. The van der Waals surface area contributed by atoms with Crippen LogP contribution in [-0.2, 0) is 0 Å². The van der Waals surface area contributed by atoms with Crippen molar-refractivity contribution >= 4 is 28.8 Å². The minimum absolute atomic E-state index is 0.729. The molecule has 1 aliphatic heterocycles. The third-order valence-electron chi connectivity index (χ3n) is 1.58. The first-order valence-electron chi connectivity index (χ1n) is 3.73. The number of nitrogens with zero attached hydrogens (tertiary/aromatic N) is 1. The molecule has 3 heteroatoms. The van der Waals surface area contributed by atoms with Gasteiger partial charge in [0.25, 0.3) is 0 Å². The summed E-state index contributed by atoms with van der Waals surface area (Å²) in [5.41, 5.74) is 0. The van der Waals surface area contributed by atoms with Gasteiger partial charge >= 0.3 is 0 Å². The van der Waals surface area contributed by atoms with Crippen LogP contribution >= 0.6 is 24.4 Å². The summed E-state index contributed by atoms with van der Waals surface area (Å²) >= 11 is 6.01. The van der Waals surface area contributed by atoms with Crippen molar-refractivity contribution in [2.75, 3.05) is 6.54 Å². The molecule has 0 N–H and O–H groups in total. The molecule has 1 atom stereocenters. The minimum atomic E-state index is 0.729. The molecule has 0 amide bonds. The fourth-order valence-corrected chi connectivity index (χ4v) is 2.40. The predicted octanol–water partition coefficient (Wildman–Crippen LogP) is 2.58. The monoisotopic (exact) mass is 175 g/mol. The second-order valence-electron chi connectivity index (χ2n) is 2.51. The Morgan fingerprint density at radius 2 is 2.60 bits per heavy atom. The Hall–Kier alpha value is 0.370. The van der Waals surface area contributed by atoms with Gasteiger partial charge in [0.1, 0.15) is 4.38 Å². The third-order valence-corrected chi connectivity index (χ3v) is 3.10. The van der Waals surface area contributed by atoms with Crippen LogP contribution in [0.25, 0.3) is 0 Å². The Morgan fingerprint density at radius 1 is 1.80 bits per heavy atom. The average molecular weight is 175 g/mol. The number of thioether (sulfide) groups is 1. The summed E-state index contributed by atoms with van der Waals surface area (Å²) in [6, 6.07) is 0. The maximum atomic E-state index is 4.21. The van der Waals surface area contributed by atoms with E-state index in [1.54, 1.807) is 0 Å². The molecule has 1 unspecified atom stereocenters. The van der Waals surface area contributed by atoms with Gasteiger partial charge in [-0.05, 0) is 6.42 Å². The van der Waals surface area contributed by atoms with Gasteiger partial charge in [-0.2, -0.15) is 0 Å². The van der Waals surface area contributed by atoms with Crippen LogP contribution in [0.2, 0.25) is 0 Å². The zero-order valence-electron chi connectivity index (χ0n) is 6.21. The lowest BCUT2D eigenvalue weighted by molar-refractivity contribution is 0.694. The zero-order chi connectivity index (χ0) is 7.40. The highest BCUT2D eigenvalue weighted by Crippen LogP contribution is 2.26. The lowest BCUT2D eigenvalue weighted by atomic mass is 10.2. The normalized spacial score (nSPS) is 25.0. The summed E-state index contributed by atoms with van der Waals surface area (Å²) in [5, 5.41) is 0.729. The van der Waals surface area contributed by atoms with Crippen LogP contribution in [0.1, 0.15) is 26.2 Å². The van der Waals surface area contributed by atoms with Crippen LogP contribution in [0.4, 0.5) is 0 Å². The lowest BCUT2D eigenvalue weighted by Gasteiger charge is -2.04. The number of aliphatic imine (C=N–C) groups is 1. The summed E-state index contributed by atoms with van der Waals surface area (Å²) in [4.78, 5) is 4.21. The van der Waals surface area contributed by atoms with E-state index in [2.05, 4.69) is 24.5 Å². The number of hydrogen-bond donors (Lipinski definition) is 1. The SMILES string of the molecule is CCCCC1CN=C(S)S1. The number of unbranched alkanes of at least 4 members (excludes halogenated alkanes) is 1. The lowest BCUT2D eigenvalue weighted by Crippen LogP contribution is -2.01. The number of hydrogen-bond acceptors (Lipinski definition) is 2. The van der Waals surface area contributed by atoms with E-state index in [-0.39, 0.29) is 0 Å². The Bertz CT molecular complexity index is 134. The van der Waals surface area contributed by atoms with Crippen LogP contribution in [0, 0.1) is 0 Å². The highest BCUT2D eigenvalue weighted by Gasteiger charge is 2.15. The van der Waals surface area contributed by atoms with E-state index in [9.17, 15) is 0 Å². The third kappa shape index (κ3) is 2.54. The van der Waals surface area contributed by atoms with E-state index in [1.165, 1.54) is 19.3 Å². The van der Waals surface area contributed by atoms with Crippen molar-refractivity contribution in [3.05, 3.63) is 0 Å². The van der Waals surface area contributed by atoms with Crippen molar-refractivity contribution in [3.8, 4) is 0 Å². The van der Waals surface area contributed by atoms with Crippen LogP contribution in [0.15, 0.2) is 4.99 Å². The van der Waals surface area contributed by atoms with Crippen LogP contribution in [0.5, 0.6) is 0 Å². The molecule has 0 aromatic heterocycles. The van der Waals surface area contributed by atoms with Gasteiger partial charge in [-0.3, -0.25) is 4.99 Å². The Balaban J connectivity index is 2.11. The van der Waals surface area contributed by atoms with Crippen molar-refractivity contribution < 1.29 is 0 Å².